The molecule has 6 aliphatic rings. The minimum atomic E-state index is -0.464. The zero-order chi connectivity index (χ0) is 87.6. The Morgan fingerprint density at radius 1 is 0.369 bits per heavy atom. The average molecular weight is 1670 g/mol. The molecule has 0 radical (unpaired) electrons. The van der Waals surface area contributed by atoms with Crippen molar-refractivity contribution in [3.63, 3.8) is 0 Å². The Morgan fingerprint density at radius 3 is 1.09 bits per heavy atom. The molecule has 122 heavy (non-hydrogen) atoms. The van der Waals surface area contributed by atoms with E-state index in [2.05, 4.69) is 112 Å². The van der Waals surface area contributed by atoms with Crippen molar-refractivity contribution in [2.75, 3.05) is 18.2 Å². The fraction of sp³-hybridized carbons (Fsp3) is 0.293. The summed E-state index contributed by atoms with van der Waals surface area (Å²) in [4.78, 5) is 172. The molecule has 6 saturated carbocycles. The van der Waals surface area contributed by atoms with Gasteiger partial charge in [-0.3, -0.25) is 67.5 Å². The van der Waals surface area contributed by atoms with E-state index >= 15 is 0 Å². The van der Waals surface area contributed by atoms with E-state index in [1.165, 1.54) is 31.6 Å². The molecule has 0 spiro atoms. The standard InChI is InChI=1S/C20H20N2O3.C19H20N4O2.C14H16N2O3.C13H13ClN2O2.C13H15N3O2.C13H14N2O2/c1-14-10-11-16(18(23)12-14)22-20(24)17-8-5-9-19(21-17)25-13-15-6-3-2-4-7-15;1-13-7-8-15(17(24)11-13)22-18(25)16-9-10-20-19(23-16)21-12-14-5-3-2-4-6-14;1-9-6-7-10(12(17)8-9)16-14(18)11-4-3-5-13(15-11)19-2;1-8-2-3-10(12(17)6-8)16-13(18)11-7-9(14)4-5-15-11;1-8-5-6-9(11(17)7-8)16-13(18)10-3-2-4-12(14)15-10;1-9-5-6-10(12(16)8-9)15-13(17)11-4-2-3-7-14-11/h2-9,16H,1,10-13H2,(H,22,24);2-6,9-10,15H,1,7-8,11-12H2,(H,22,25)(H,20,21,23);3-5,10H,1,6-8H2,2H3,(H,16,18);4-5,7,10H,1-3,6H2,(H,16,18);2-4,9H,1,5-7H2,(H2,14,15)(H,16,18);2-4,7,10H,1,5-6,8H2,(H,15,17). The zero-order valence-corrected chi connectivity index (χ0v) is 68.6. The molecule has 6 aliphatic carbocycles. The number of Topliss-reactive ketones (excluding diaryl/α,β-unsaturated/α-hetero) is 6. The van der Waals surface area contributed by atoms with Crippen LogP contribution in [0.3, 0.4) is 0 Å². The van der Waals surface area contributed by atoms with Crippen LogP contribution in [0.5, 0.6) is 11.8 Å². The van der Waals surface area contributed by atoms with Crippen molar-refractivity contribution in [1.82, 2.24) is 66.8 Å². The van der Waals surface area contributed by atoms with E-state index in [4.69, 9.17) is 26.8 Å². The topological polar surface area (TPSA) is 424 Å². The summed E-state index contributed by atoms with van der Waals surface area (Å²) < 4.78 is 10.6. The first-order chi connectivity index (χ1) is 58.6. The van der Waals surface area contributed by atoms with Crippen LogP contribution in [0.2, 0.25) is 5.02 Å². The number of pyridine rings is 5. The van der Waals surface area contributed by atoms with Crippen molar-refractivity contribution < 1.29 is 67.0 Å². The molecule has 9 N–H and O–H groups in total. The van der Waals surface area contributed by atoms with Crippen molar-refractivity contribution in [3.8, 4) is 11.8 Å². The summed E-state index contributed by atoms with van der Waals surface area (Å²) in [5.74, 6) is -0.670. The fourth-order valence-electron chi connectivity index (χ4n) is 13.1. The second kappa shape index (κ2) is 46.4. The maximum atomic E-state index is 12.4. The lowest BCUT2D eigenvalue weighted by Gasteiger charge is -2.23. The van der Waals surface area contributed by atoms with E-state index in [1.54, 1.807) is 85.1 Å². The molecule has 6 heterocycles. The molecule has 8 aromatic rings. The second-order valence-corrected chi connectivity index (χ2v) is 30.0. The van der Waals surface area contributed by atoms with Gasteiger partial charge in [0.2, 0.25) is 17.7 Å². The fourth-order valence-corrected chi connectivity index (χ4v) is 13.2. The van der Waals surface area contributed by atoms with Gasteiger partial charge in [0.25, 0.3) is 35.4 Å². The minimum Gasteiger partial charge on any atom is -0.481 e. The van der Waals surface area contributed by atoms with Crippen LogP contribution in [0, 0.1) is 0 Å². The Labute approximate surface area is 711 Å². The molecule has 0 aliphatic heterocycles. The number of hydrogen-bond acceptors (Lipinski definition) is 23. The molecule has 29 nitrogen and oxygen atoms in total. The van der Waals surface area contributed by atoms with Crippen LogP contribution in [0.15, 0.2) is 243 Å². The number of methoxy groups -OCH3 is 1. The number of amides is 6. The summed E-state index contributed by atoms with van der Waals surface area (Å²) in [5.41, 5.74) is 14.7. The summed E-state index contributed by atoms with van der Waals surface area (Å²) in [6.45, 7) is 23.8. The lowest BCUT2D eigenvalue weighted by atomic mass is 9.90. The normalized spacial score (nSPS) is 18.6. The third-order valence-electron chi connectivity index (χ3n) is 19.8. The molecule has 6 atom stereocenters. The Balaban J connectivity index is 0.000000167. The number of nitrogen functional groups attached to an aromatic ring is 1. The first kappa shape index (κ1) is 91.9. The zero-order valence-electron chi connectivity index (χ0n) is 67.8. The summed E-state index contributed by atoms with van der Waals surface area (Å²) >= 11 is 5.78. The molecular weight excluding hydrogens is 1570 g/mol. The van der Waals surface area contributed by atoms with Crippen LogP contribution < -0.4 is 52.4 Å². The number of anilines is 2. The number of carbonyl (C=O) groups excluding carboxylic acids is 12. The molecule has 14 rings (SSSR count). The third kappa shape index (κ3) is 29.8. The number of benzene rings is 2. The molecule has 30 heteroatoms. The molecule has 6 aromatic heterocycles. The quantitative estimate of drug-likeness (QED) is 0.0349. The molecule has 0 bridgehead atoms. The molecular formula is C92H98ClN15O14. The van der Waals surface area contributed by atoms with E-state index in [1.807, 2.05) is 60.7 Å². The van der Waals surface area contributed by atoms with Crippen LogP contribution >= 0.6 is 11.6 Å². The van der Waals surface area contributed by atoms with E-state index in [0.717, 1.165) is 83.1 Å². The Morgan fingerprint density at radius 2 is 0.705 bits per heavy atom. The number of ketones is 6. The number of nitrogens with zero attached hydrogens (tertiary/aromatic N) is 7. The van der Waals surface area contributed by atoms with Gasteiger partial charge in [-0.05, 0) is 143 Å². The largest absolute Gasteiger partial charge is 0.481 e. The number of aromatic nitrogens is 7. The molecule has 0 saturated heterocycles. The van der Waals surface area contributed by atoms with Crippen LogP contribution in [0.4, 0.5) is 11.8 Å². The van der Waals surface area contributed by atoms with Crippen molar-refractivity contribution in [2.24, 2.45) is 0 Å². The van der Waals surface area contributed by atoms with E-state index in [-0.39, 0.29) is 104 Å². The monoisotopic (exact) mass is 1670 g/mol. The minimum absolute atomic E-state index is 0.00100. The third-order valence-corrected chi connectivity index (χ3v) is 20.1. The maximum Gasteiger partial charge on any atom is 0.270 e. The van der Waals surface area contributed by atoms with E-state index in [9.17, 15) is 57.5 Å². The molecule has 2 aromatic carbocycles. The number of carbonyl (C=O) groups is 12. The SMILES string of the molecule is C=C1CCC(NC(=O)c2cc(Cl)ccn2)C(=O)C1.C=C1CCC(NC(=O)c2cccc(N)n2)C(=O)C1.C=C1CCC(NC(=O)c2cccc(OC)n2)C(=O)C1.C=C1CCC(NC(=O)c2cccc(OCc3ccccc3)n2)C(=O)C1.C=C1CCC(NC(=O)c2ccccn2)C(=O)C1.C=C1CCC(NC(=O)c2ccnc(NCc3ccccc3)n2)C(=O)C1. The summed E-state index contributed by atoms with van der Waals surface area (Å²) in [7, 11) is 1.49. The van der Waals surface area contributed by atoms with Crippen LogP contribution in [-0.4, -0.2) is 148 Å². The van der Waals surface area contributed by atoms with Gasteiger partial charge in [-0.15, -0.1) is 0 Å². The van der Waals surface area contributed by atoms with E-state index < -0.39 is 36.3 Å². The lowest BCUT2D eigenvalue weighted by molar-refractivity contribution is -0.121. The molecule has 632 valence electrons. The highest BCUT2D eigenvalue weighted by Crippen LogP contribution is 2.26. The van der Waals surface area contributed by atoms with Gasteiger partial charge in [-0.1, -0.05) is 169 Å². The molecule has 6 amide bonds. The second-order valence-electron chi connectivity index (χ2n) is 29.6. The van der Waals surface area contributed by atoms with Crippen molar-refractivity contribution >= 4 is 93.5 Å². The molecule has 6 unspecified atom stereocenters. The van der Waals surface area contributed by atoms with Gasteiger partial charge in [0.05, 0.1) is 43.4 Å². The van der Waals surface area contributed by atoms with Gasteiger partial charge in [-0.2, -0.15) is 0 Å². The van der Waals surface area contributed by atoms with Crippen LogP contribution in [0.1, 0.15) is 190 Å². The van der Waals surface area contributed by atoms with Gasteiger partial charge in [0.1, 0.15) is 46.6 Å². The number of nitrogens with one attached hydrogen (secondary N) is 7. The van der Waals surface area contributed by atoms with Crippen LogP contribution in [0.25, 0.3) is 0 Å². The first-order valence-electron chi connectivity index (χ1n) is 39.6. The highest BCUT2D eigenvalue weighted by atomic mass is 35.5. The number of nitrogens with two attached hydrogens (primary N) is 1. The van der Waals surface area contributed by atoms with Gasteiger partial charge in [0, 0.05) is 80.8 Å². The van der Waals surface area contributed by atoms with E-state index in [0.29, 0.717) is 119 Å². The number of hydrogen-bond donors (Lipinski definition) is 8. The summed E-state index contributed by atoms with van der Waals surface area (Å²) in [5, 5.41) is 19.8. The number of halogens is 1. The number of rotatable bonds is 19. The predicted molar refractivity (Wildman–Crippen MR) is 459 cm³/mol. The van der Waals surface area contributed by atoms with Crippen molar-refractivity contribution in [2.45, 2.75) is 165 Å². The highest BCUT2D eigenvalue weighted by molar-refractivity contribution is 6.30. The lowest BCUT2D eigenvalue weighted by Crippen LogP contribution is -2.43. The average Bonchev–Trinajstić information content (AvgIpc) is 0.935. The summed E-state index contributed by atoms with van der Waals surface area (Å²) in [6.07, 6.45) is 14.8. The van der Waals surface area contributed by atoms with Gasteiger partial charge < -0.3 is 52.4 Å². The highest BCUT2D eigenvalue weighted by Gasteiger charge is 2.32. The first-order valence-corrected chi connectivity index (χ1v) is 40.0. The maximum absolute atomic E-state index is 12.4. The Kier molecular flexibility index (Phi) is 35.0. The van der Waals surface area contributed by atoms with Gasteiger partial charge >= 0.3 is 0 Å². The van der Waals surface area contributed by atoms with Crippen molar-refractivity contribution in [3.05, 3.63) is 293 Å². The Hall–Kier alpha value is -14.0. The molecule has 6 fully saturated rings. The van der Waals surface area contributed by atoms with Gasteiger partial charge in [0.15, 0.2) is 34.7 Å². The summed E-state index contributed by atoms with van der Waals surface area (Å²) in [6, 6.07) is 41.4. The smallest absolute Gasteiger partial charge is 0.270 e. The number of allylic oxidation sites excluding steroid dienone is 6. The predicted octanol–water partition coefficient (Wildman–Crippen LogP) is 11.8. The van der Waals surface area contributed by atoms with Crippen molar-refractivity contribution in [1.29, 1.82) is 0 Å². The van der Waals surface area contributed by atoms with Crippen LogP contribution in [-0.2, 0) is 41.9 Å². The Bertz CT molecular complexity index is 4990. The number of ether oxygens (including phenoxy) is 2. The van der Waals surface area contributed by atoms with Gasteiger partial charge in [-0.25, -0.2) is 24.9 Å².